The van der Waals surface area contributed by atoms with Gasteiger partial charge in [0.1, 0.15) is 5.75 Å². The zero-order valence-corrected chi connectivity index (χ0v) is 11.7. The van der Waals surface area contributed by atoms with Crippen molar-refractivity contribution in [1.82, 2.24) is 4.98 Å². The van der Waals surface area contributed by atoms with Crippen molar-refractivity contribution in [1.29, 1.82) is 0 Å². The van der Waals surface area contributed by atoms with Gasteiger partial charge < -0.3 is 9.72 Å². The summed E-state index contributed by atoms with van der Waals surface area (Å²) in [5.41, 5.74) is 2.72. The van der Waals surface area contributed by atoms with Crippen molar-refractivity contribution in [2.45, 2.75) is 0 Å². The Morgan fingerprint density at radius 2 is 1.86 bits per heavy atom. The smallest absolute Gasteiger partial charge is 0.185 e. The average Bonchev–Trinajstić information content (AvgIpc) is 2.96. The third-order valence-electron chi connectivity index (χ3n) is 3.41. The molecule has 2 aromatic carbocycles. The van der Waals surface area contributed by atoms with Gasteiger partial charge in [-0.1, -0.05) is 18.2 Å². The summed E-state index contributed by atoms with van der Waals surface area (Å²) in [4.78, 5) is 15.3. The molecule has 1 heterocycles. The van der Waals surface area contributed by atoms with Crippen LogP contribution in [0.2, 0.25) is 0 Å². The molecule has 3 rings (SSSR count). The molecule has 3 heteroatoms. The van der Waals surface area contributed by atoms with Crippen molar-refractivity contribution >= 4 is 22.8 Å². The Morgan fingerprint density at radius 1 is 1.10 bits per heavy atom. The fourth-order valence-electron chi connectivity index (χ4n) is 2.25. The summed E-state index contributed by atoms with van der Waals surface area (Å²) in [5.74, 6) is 0.718. The van der Waals surface area contributed by atoms with Gasteiger partial charge in [0.05, 0.1) is 7.11 Å². The van der Waals surface area contributed by atoms with E-state index >= 15 is 0 Å². The molecule has 0 amide bonds. The standard InChI is InChI=1S/C18H15NO2/c1-21-15-9-6-13(7-10-15)18(20)11-8-14-12-19-17-5-3-2-4-16(14)17/h2-12,19H,1H3/b11-8+. The Kier molecular flexibility index (Phi) is 3.56. The van der Waals surface area contributed by atoms with Gasteiger partial charge >= 0.3 is 0 Å². The minimum atomic E-state index is -0.0251. The highest BCUT2D eigenvalue weighted by molar-refractivity contribution is 6.07. The number of ether oxygens (including phenoxy) is 1. The van der Waals surface area contributed by atoms with E-state index < -0.39 is 0 Å². The van der Waals surface area contributed by atoms with Crippen molar-refractivity contribution in [3.63, 3.8) is 0 Å². The van der Waals surface area contributed by atoms with Crippen LogP contribution in [0.1, 0.15) is 15.9 Å². The van der Waals surface area contributed by atoms with Crippen LogP contribution in [0.4, 0.5) is 0 Å². The zero-order valence-electron chi connectivity index (χ0n) is 11.7. The van der Waals surface area contributed by atoms with Crippen LogP contribution in [0.3, 0.4) is 0 Å². The fourth-order valence-corrected chi connectivity index (χ4v) is 2.25. The van der Waals surface area contributed by atoms with Crippen LogP contribution in [-0.2, 0) is 0 Å². The molecule has 1 aromatic heterocycles. The first-order valence-corrected chi connectivity index (χ1v) is 6.70. The quantitative estimate of drug-likeness (QED) is 0.577. The Morgan fingerprint density at radius 3 is 2.62 bits per heavy atom. The molecule has 0 aliphatic heterocycles. The molecule has 0 saturated carbocycles. The largest absolute Gasteiger partial charge is 0.497 e. The van der Waals surface area contributed by atoms with Gasteiger partial charge in [0.25, 0.3) is 0 Å². The Bertz CT molecular complexity index is 797. The van der Waals surface area contributed by atoms with Crippen LogP contribution in [0.5, 0.6) is 5.75 Å². The lowest BCUT2D eigenvalue weighted by Gasteiger charge is -2.00. The van der Waals surface area contributed by atoms with Gasteiger partial charge in [0.15, 0.2) is 5.78 Å². The molecule has 0 spiro atoms. The van der Waals surface area contributed by atoms with Crippen LogP contribution < -0.4 is 4.74 Å². The Balaban J connectivity index is 1.83. The minimum Gasteiger partial charge on any atom is -0.497 e. The number of nitrogens with one attached hydrogen (secondary N) is 1. The molecule has 104 valence electrons. The second kappa shape index (κ2) is 5.67. The van der Waals surface area contributed by atoms with Crippen LogP contribution in [0.15, 0.2) is 60.8 Å². The molecule has 0 aliphatic carbocycles. The first-order chi connectivity index (χ1) is 10.3. The summed E-state index contributed by atoms with van der Waals surface area (Å²) in [6.45, 7) is 0. The third-order valence-corrected chi connectivity index (χ3v) is 3.41. The highest BCUT2D eigenvalue weighted by Gasteiger charge is 2.03. The molecule has 21 heavy (non-hydrogen) atoms. The number of allylic oxidation sites excluding steroid dienone is 1. The van der Waals surface area contributed by atoms with Crippen molar-refractivity contribution < 1.29 is 9.53 Å². The zero-order chi connectivity index (χ0) is 14.7. The van der Waals surface area contributed by atoms with Gasteiger partial charge in [-0.2, -0.15) is 0 Å². The summed E-state index contributed by atoms with van der Waals surface area (Å²) in [6, 6.07) is 15.1. The van der Waals surface area contributed by atoms with E-state index in [-0.39, 0.29) is 5.78 Å². The molecule has 0 unspecified atom stereocenters. The topological polar surface area (TPSA) is 42.1 Å². The van der Waals surface area contributed by atoms with Crippen molar-refractivity contribution in [3.05, 3.63) is 71.9 Å². The number of methoxy groups -OCH3 is 1. The molecule has 0 atom stereocenters. The minimum absolute atomic E-state index is 0.0251. The summed E-state index contributed by atoms with van der Waals surface area (Å²) < 4.78 is 5.08. The van der Waals surface area contributed by atoms with E-state index in [1.54, 1.807) is 37.5 Å². The first kappa shape index (κ1) is 13.2. The molecule has 3 nitrogen and oxygen atoms in total. The number of ketones is 1. The van der Waals surface area contributed by atoms with E-state index in [0.29, 0.717) is 5.56 Å². The van der Waals surface area contributed by atoms with E-state index in [1.807, 2.05) is 36.5 Å². The second-order valence-electron chi connectivity index (χ2n) is 4.72. The van der Waals surface area contributed by atoms with Crippen LogP contribution in [-0.4, -0.2) is 17.9 Å². The number of benzene rings is 2. The number of fused-ring (bicyclic) bond motifs is 1. The predicted molar refractivity (Wildman–Crippen MR) is 84.7 cm³/mol. The SMILES string of the molecule is COc1ccc(C(=O)/C=C/c2c[nH]c3ccccc23)cc1. The highest BCUT2D eigenvalue weighted by Crippen LogP contribution is 2.19. The Hall–Kier alpha value is -2.81. The van der Waals surface area contributed by atoms with Gasteiger partial charge in [-0.15, -0.1) is 0 Å². The van der Waals surface area contributed by atoms with E-state index in [2.05, 4.69) is 4.98 Å². The van der Waals surface area contributed by atoms with Gasteiger partial charge in [-0.25, -0.2) is 0 Å². The number of aromatic amines is 1. The number of carbonyl (C=O) groups is 1. The van der Waals surface area contributed by atoms with Crippen LogP contribution in [0, 0.1) is 0 Å². The summed E-state index contributed by atoms with van der Waals surface area (Å²) in [5, 5.41) is 1.11. The molecule has 1 N–H and O–H groups in total. The van der Waals surface area contributed by atoms with Gasteiger partial charge in [-0.3, -0.25) is 4.79 Å². The number of carbonyl (C=O) groups excluding carboxylic acids is 1. The molecular formula is C18H15NO2. The maximum absolute atomic E-state index is 12.1. The first-order valence-electron chi connectivity index (χ1n) is 6.70. The number of hydrogen-bond acceptors (Lipinski definition) is 2. The number of hydrogen-bond donors (Lipinski definition) is 1. The molecule has 0 bridgehead atoms. The van der Waals surface area contributed by atoms with E-state index in [4.69, 9.17) is 4.74 Å². The maximum atomic E-state index is 12.1. The van der Waals surface area contributed by atoms with Crippen molar-refractivity contribution in [3.8, 4) is 5.75 Å². The monoisotopic (exact) mass is 277 g/mol. The van der Waals surface area contributed by atoms with Crippen LogP contribution >= 0.6 is 0 Å². The molecular weight excluding hydrogens is 262 g/mol. The van der Waals surface area contributed by atoms with Gasteiger partial charge in [0, 0.05) is 22.7 Å². The summed E-state index contributed by atoms with van der Waals surface area (Å²) >= 11 is 0. The molecule has 0 radical (unpaired) electrons. The van der Waals surface area contributed by atoms with E-state index in [1.165, 1.54) is 0 Å². The fraction of sp³-hybridized carbons (Fsp3) is 0.0556. The molecule has 0 aliphatic rings. The summed E-state index contributed by atoms with van der Waals surface area (Å²) in [7, 11) is 1.60. The summed E-state index contributed by atoms with van der Waals surface area (Å²) in [6.07, 6.45) is 5.34. The normalized spacial score (nSPS) is 11.1. The second-order valence-corrected chi connectivity index (χ2v) is 4.72. The Labute approximate surface area is 122 Å². The molecule has 0 saturated heterocycles. The number of rotatable bonds is 4. The lowest BCUT2D eigenvalue weighted by Crippen LogP contribution is -1.93. The number of H-pyrrole nitrogens is 1. The van der Waals surface area contributed by atoms with Gasteiger partial charge in [-0.05, 0) is 48.0 Å². The maximum Gasteiger partial charge on any atom is 0.185 e. The number of aromatic nitrogens is 1. The molecule has 3 aromatic rings. The predicted octanol–water partition coefficient (Wildman–Crippen LogP) is 4.07. The van der Waals surface area contributed by atoms with E-state index in [9.17, 15) is 4.79 Å². The average molecular weight is 277 g/mol. The van der Waals surface area contributed by atoms with Crippen molar-refractivity contribution in [2.75, 3.05) is 7.11 Å². The molecule has 0 fully saturated rings. The van der Waals surface area contributed by atoms with Crippen molar-refractivity contribution in [2.24, 2.45) is 0 Å². The highest BCUT2D eigenvalue weighted by atomic mass is 16.5. The van der Waals surface area contributed by atoms with Gasteiger partial charge in [0.2, 0.25) is 0 Å². The van der Waals surface area contributed by atoms with E-state index in [0.717, 1.165) is 22.2 Å². The third kappa shape index (κ3) is 2.72. The number of para-hydroxylation sites is 1. The van der Waals surface area contributed by atoms with Crippen LogP contribution in [0.25, 0.3) is 17.0 Å². The lowest BCUT2D eigenvalue weighted by molar-refractivity contribution is 0.104. The lowest BCUT2D eigenvalue weighted by atomic mass is 10.1.